The van der Waals surface area contributed by atoms with Gasteiger partial charge in [0.05, 0.1) is 16.3 Å². The Labute approximate surface area is 188 Å². The van der Waals surface area contributed by atoms with Gasteiger partial charge in [-0.05, 0) is 43.0 Å². The molecule has 0 aromatic heterocycles. The second kappa shape index (κ2) is 8.91. The van der Waals surface area contributed by atoms with Crippen LogP contribution in [0.5, 0.6) is 0 Å². The number of benzene rings is 2. The molecule has 1 saturated heterocycles. The predicted molar refractivity (Wildman–Crippen MR) is 123 cm³/mol. The lowest BCUT2D eigenvalue weighted by Gasteiger charge is -2.45. The number of rotatable bonds is 6. The monoisotopic (exact) mass is 456 g/mol. The minimum atomic E-state index is -3.68. The van der Waals surface area contributed by atoms with Crippen LogP contribution < -0.4 is 15.1 Å². The summed E-state index contributed by atoms with van der Waals surface area (Å²) in [7, 11) is -0.744. The minimum Gasteiger partial charge on any atom is -0.358 e. The number of piperidine rings is 1. The Bertz CT molecular complexity index is 1120. The van der Waals surface area contributed by atoms with E-state index in [0.29, 0.717) is 12.2 Å². The van der Waals surface area contributed by atoms with Gasteiger partial charge in [-0.1, -0.05) is 30.3 Å². The molecule has 2 aliphatic rings. The van der Waals surface area contributed by atoms with E-state index in [1.165, 1.54) is 25.1 Å². The van der Waals surface area contributed by atoms with Gasteiger partial charge < -0.3 is 10.2 Å². The molecule has 0 radical (unpaired) electrons. The molecule has 0 unspecified atom stereocenters. The number of amides is 2. The average Bonchev–Trinajstić information content (AvgIpc) is 2.80. The molecular weight excluding hydrogens is 428 g/mol. The summed E-state index contributed by atoms with van der Waals surface area (Å²) in [6, 6.07) is 14.1. The molecule has 170 valence electrons. The number of hydrogen-bond acceptors (Lipinski definition) is 5. The van der Waals surface area contributed by atoms with E-state index >= 15 is 0 Å². The van der Waals surface area contributed by atoms with Gasteiger partial charge in [-0.2, -0.15) is 0 Å². The summed E-state index contributed by atoms with van der Waals surface area (Å²) in [4.78, 5) is 29.7. The van der Waals surface area contributed by atoms with E-state index in [4.69, 9.17) is 0 Å². The molecule has 2 aliphatic heterocycles. The van der Waals surface area contributed by atoms with Gasteiger partial charge in [0.2, 0.25) is 21.8 Å². The Morgan fingerprint density at radius 3 is 2.56 bits per heavy atom. The molecule has 8 nitrogen and oxygen atoms in total. The molecule has 2 amide bonds. The van der Waals surface area contributed by atoms with E-state index < -0.39 is 10.0 Å². The molecule has 9 heteroatoms. The van der Waals surface area contributed by atoms with E-state index in [1.807, 2.05) is 35.2 Å². The molecule has 1 fully saturated rings. The summed E-state index contributed by atoms with van der Waals surface area (Å²) in [5, 5.41) is 2.86. The molecule has 32 heavy (non-hydrogen) atoms. The van der Waals surface area contributed by atoms with Gasteiger partial charge in [-0.25, -0.2) is 12.7 Å². The highest BCUT2D eigenvalue weighted by Crippen LogP contribution is 2.40. The molecule has 0 spiro atoms. The van der Waals surface area contributed by atoms with Crippen LogP contribution in [0.4, 0.5) is 11.4 Å². The van der Waals surface area contributed by atoms with E-state index in [2.05, 4.69) is 5.32 Å². The van der Waals surface area contributed by atoms with Crippen molar-refractivity contribution in [3.63, 3.8) is 0 Å². The van der Waals surface area contributed by atoms with Crippen LogP contribution >= 0.6 is 0 Å². The summed E-state index contributed by atoms with van der Waals surface area (Å²) in [6.45, 7) is 0.935. The van der Waals surface area contributed by atoms with Gasteiger partial charge in [-0.15, -0.1) is 0 Å². The Morgan fingerprint density at radius 2 is 1.84 bits per heavy atom. The molecular formula is C23H28N4O4S. The van der Waals surface area contributed by atoms with E-state index in [9.17, 15) is 18.0 Å². The van der Waals surface area contributed by atoms with Gasteiger partial charge in [0.15, 0.2) is 0 Å². The Morgan fingerprint density at radius 1 is 1.09 bits per heavy atom. The van der Waals surface area contributed by atoms with Crippen molar-refractivity contribution in [3.05, 3.63) is 54.1 Å². The Hall–Kier alpha value is -2.91. The zero-order chi connectivity index (χ0) is 22.9. The van der Waals surface area contributed by atoms with Gasteiger partial charge in [0.25, 0.3) is 0 Å². The largest absolute Gasteiger partial charge is 0.358 e. The van der Waals surface area contributed by atoms with Crippen molar-refractivity contribution >= 4 is 33.2 Å². The van der Waals surface area contributed by atoms with Gasteiger partial charge in [0, 0.05) is 27.2 Å². The van der Waals surface area contributed by atoms with Gasteiger partial charge in [-0.3, -0.25) is 14.5 Å². The quantitative estimate of drug-likeness (QED) is 0.718. The van der Waals surface area contributed by atoms with E-state index in [0.717, 1.165) is 41.4 Å². The first-order valence-electron chi connectivity index (χ1n) is 10.7. The van der Waals surface area contributed by atoms with E-state index in [-0.39, 0.29) is 29.3 Å². The highest BCUT2D eigenvalue weighted by Gasteiger charge is 2.40. The lowest BCUT2D eigenvalue weighted by Crippen LogP contribution is -2.57. The standard InChI is InChI=1S/C23H28N4O4S/c1-25(2)32(30,31)18-11-12-19-21(14-18)27(23(29)20-10-6-7-13-26(19)20)16-22(28)24-15-17-8-4-3-5-9-17/h3-5,8-9,11-12,14,20H,6-7,10,13,15-16H2,1-2H3,(H,24,28)/t20-/m1/s1. The summed E-state index contributed by atoms with van der Waals surface area (Å²) < 4.78 is 26.5. The molecule has 1 atom stereocenters. The predicted octanol–water partition coefficient (Wildman–Crippen LogP) is 1.96. The number of anilines is 2. The molecule has 4 rings (SSSR count). The number of hydrogen-bond donors (Lipinski definition) is 1. The van der Waals surface area contributed by atoms with Crippen LogP contribution in [-0.2, 0) is 26.2 Å². The van der Waals surface area contributed by atoms with Gasteiger partial charge >= 0.3 is 0 Å². The van der Waals surface area contributed by atoms with Crippen LogP contribution in [0.1, 0.15) is 24.8 Å². The smallest absolute Gasteiger partial charge is 0.250 e. The van der Waals surface area contributed by atoms with Crippen molar-refractivity contribution in [2.45, 2.75) is 36.7 Å². The number of sulfonamides is 1. The summed E-state index contributed by atoms with van der Waals surface area (Å²) >= 11 is 0. The van der Waals surface area contributed by atoms with Crippen LogP contribution in [0.25, 0.3) is 0 Å². The SMILES string of the molecule is CN(C)S(=O)(=O)c1ccc2c(c1)N(CC(=O)NCc1ccccc1)C(=O)[C@H]1CCCCN21. The topological polar surface area (TPSA) is 90.0 Å². The zero-order valence-electron chi connectivity index (χ0n) is 18.3. The molecule has 2 aromatic carbocycles. The fourth-order valence-electron chi connectivity index (χ4n) is 4.27. The van der Waals surface area contributed by atoms with Crippen LogP contribution in [0, 0.1) is 0 Å². The molecule has 0 bridgehead atoms. The third-order valence-electron chi connectivity index (χ3n) is 6.01. The summed E-state index contributed by atoms with van der Waals surface area (Å²) in [5.74, 6) is -0.454. The normalized spacial score (nSPS) is 18.3. The number of carbonyl (C=O) groups excluding carboxylic acids is 2. The third kappa shape index (κ3) is 4.22. The Kier molecular flexibility index (Phi) is 6.21. The maximum Gasteiger partial charge on any atom is 0.250 e. The number of nitrogens with zero attached hydrogens (tertiary/aromatic N) is 3. The first-order chi connectivity index (χ1) is 15.3. The fourth-order valence-corrected chi connectivity index (χ4v) is 5.19. The summed E-state index contributed by atoms with van der Waals surface area (Å²) in [6.07, 6.45) is 2.64. The fraction of sp³-hybridized carbons (Fsp3) is 0.391. The molecule has 1 N–H and O–H groups in total. The van der Waals surface area contributed by atoms with Crippen LogP contribution in [-0.4, -0.2) is 57.8 Å². The second-order valence-electron chi connectivity index (χ2n) is 8.33. The number of nitrogens with one attached hydrogen (secondary N) is 1. The minimum absolute atomic E-state index is 0.0965. The van der Waals surface area contributed by atoms with Crippen molar-refractivity contribution in [2.24, 2.45) is 0 Å². The molecule has 0 aliphatic carbocycles. The second-order valence-corrected chi connectivity index (χ2v) is 10.5. The lowest BCUT2D eigenvalue weighted by atomic mass is 9.96. The molecule has 2 aromatic rings. The van der Waals surface area contributed by atoms with Gasteiger partial charge in [0.1, 0.15) is 12.6 Å². The van der Waals surface area contributed by atoms with Crippen molar-refractivity contribution in [3.8, 4) is 0 Å². The van der Waals surface area contributed by atoms with E-state index in [1.54, 1.807) is 12.1 Å². The maximum atomic E-state index is 13.4. The number of carbonyl (C=O) groups is 2. The van der Waals surface area contributed by atoms with Crippen molar-refractivity contribution < 1.29 is 18.0 Å². The average molecular weight is 457 g/mol. The van der Waals surface area contributed by atoms with Crippen LogP contribution in [0.15, 0.2) is 53.4 Å². The van der Waals surface area contributed by atoms with Crippen molar-refractivity contribution in [1.29, 1.82) is 0 Å². The Balaban J connectivity index is 1.65. The maximum absolute atomic E-state index is 13.4. The molecule has 0 saturated carbocycles. The highest BCUT2D eigenvalue weighted by atomic mass is 32.2. The zero-order valence-corrected chi connectivity index (χ0v) is 19.1. The van der Waals surface area contributed by atoms with Crippen LogP contribution in [0.3, 0.4) is 0 Å². The summed E-state index contributed by atoms with van der Waals surface area (Å²) in [5.41, 5.74) is 2.22. The van der Waals surface area contributed by atoms with Crippen molar-refractivity contribution in [2.75, 3.05) is 37.0 Å². The lowest BCUT2D eigenvalue weighted by molar-refractivity contribution is -0.125. The van der Waals surface area contributed by atoms with Crippen LogP contribution in [0.2, 0.25) is 0 Å². The first kappa shape index (κ1) is 22.3. The highest BCUT2D eigenvalue weighted by molar-refractivity contribution is 7.89. The third-order valence-corrected chi connectivity index (χ3v) is 7.82. The first-order valence-corrected chi connectivity index (χ1v) is 12.2. The number of fused-ring (bicyclic) bond motifs is 3. The van der Waals surface area contributed by atoms with Crippen molar-refractivity contribution in [1.82, 2.24) is 9.62 Å². The molecule has 2 heterocycles.